The predicted molar refractivity (Wildman–Crippen MR) is 100 cm³/mol. The maximum atomic E-state index is 12.4. The zero-order valence-electron chi connectivity index (χ0n) is 15.5. The highest BCUT2D eigenvalue weighted by atomic mass is 16.2. The summed E-state index contributed by atoms with van der Waals surface area (Å²) in [6.45, 7) is 7.45. The van der Waals surface area contributed by atoms with Crippen LogP contribution in [-0.4, -0.2) is 60.9 Å². The largest absolute Gasteiger partial charge is 0.340 e. The Morgan fingerprint density at radius 3 is 2.52 bits per heavy atom. The highest BCUT2D eigenvalue weighted by molar-refractivity contribution is 5.94. The Morgan fingerprint density at radius 1 is 1.20 bits per heavy atom. The second kappa shape index (κ2) is 8.97. The van der Waals surface area contributed by atoms with Gasteiger partial charge in [0.1, 0.15) is 0 Å². The Bertz CT molecular complexity index is 595. The maximum Gasteiger partial charge on any atom is 0.241 e. The number of rotatable bonds is 6. The molecule has 6 nitrogen and oxygen atoms in total. The third-order valence-electron chi connectivity index (χ3n) is 4.47. The van der Waals surface area contributed by atoms with Crippen molar-refractivity contribution in [2.75, 3.05) is 38.5 Å². The van der Waals surface area contributed by atoms with Gasteiger partial charge in [-0.2, -0.15) is 0 Å². The van der Waals surface area contributed by atoms with Crippen LogP contribution < -0.4 is 11.1 Å². The summed E-state index contributed by atoms with van der Waals surface area (Å²) in [5.74, 6) is 0.317. The zero-order valence-corrected chi connectivity index (χ0v) is 15.5. The molecule has 6 heteroatoms. The van der Waals surface area contributed by atoms with Crippen molar-refractivity contribution in [3.63, 3.8) is 0 Å². The predicted octanol–water partition coefficient (Wildman–Crippen LogP) is 1.32. The van der Waals surface area contributed by atoms with Crippen molar-refractivity contribution in [3.05, 3.63) is 29.8 Å². The van der Waals surface area contributed by atoms with E-state index < -0.39 is 6.04 Å². The molecule has 2 rings (SSSR count). The van der Waals surface area contributed by atoms with Crippen molar-refractivity contribution in [3.8, 4) is 0 Å². The molecule has 1 heterocycles. The standard InChI is InChI=1S/C19H30N4O2/c1-14(2)11-17(20)19(25)21-16-6-4-5-15(12-16)13-18(24)23-9-7-22(3)8-10-23/h4-6,12,14,17H,7-11,13,20H2,1-3H3,(H,21,25)/t17-/m0/s1. The van der Waals surface area contributed by atoms with Crippen LogP contribution >= 0.6 is 0 Å². The average molecular weight is 346 g/mol. The molecule has 0 unspecified atom stereocenters. The summed E-state index contributed by atoms with van der Waals surface area (Å²) in [6, 6.07) is 6.93. The van der Waals surface area contributed by atoms with E-state index >= 15 is 0 Å². The molecule has 3 N–H and O–H groups in total. The number of hydrogen-bond acceptors (Lipinski definition) is 4. The topological polar surface area (TPSA) is 78.7 Å². The van der Waals surface area contributed by atoms with Crippen molar-refractivity contribution in [2.45, 2.75) is 32.7 Å². The molecule has 2 amide bonds. The van der Waals surface area contributed by atoms with Gasteiger partial charge in [-0.05, 0) is 37.1 Å². The molecule has 0 bridgehead atoms. The molecule has 0 aromatic heterocycles. The molecule has 1 aromatic carbocycles. The average Bonchev–Trinajstić information content (AvgIpc) is 2.55. The molecule has 0 spiro atoms. The monoisotopic (exact) mass is 346 g/mol. The minimum Gasteiger partial charge on any atom is -0.340 e. The minimum atomic E-state index is -0.518. The van der Waals surface area contributed by atoms with E-state index in [9.17, 15) is 9.59 Å². The first-order valence-corrected chi connectivity index (χ1v) is 8.97. The summed E-state index contributed by atoms with van der Waals surface area (Å²) in [5, 5.41) is 2.85. The van der Waals surface area contributed by atoms with Gasteiger partial charge in [-0.25, -0.2) is 0 Å². The van der Waals surface area contributed by atoms with E-state index in [2.05, 4.69) is 17.3 Å². The second-order valence-electron chi connectivity index (χ2n) is 7.29. The van der Waals surface area contributed by atoms with Crippen molar-refractivity contribution < 1.29 is 9.59 Å². The molecule has 1 aliphatic rings. The number of nitrogens with two attached hydrogens (primary N) is 1. The van der Waals surface area contributed by atoms with Crippen LogP contribution in [0.5, 0.6) is 0 Å². The lowest BCUT2D eigenvalue weighted by Gasteiger charge is -2.32. The number of likely N-dealkylation sites (N-methyl/N-ethyl adjacent to an activating group) is 1. The molecule has 0 aliphatic carbocycles. The van der Waals surface area contributed by atoms with Crippen LogP contribution in [0.25, 0.3) is 0 Å². The van der Waals surface area contributed by atoms with E-state index in [1.807, 2.05) is 43.0 Å². The lowest BCUT2D eigenvalue weighted by Crippen LogP contribution is -2.47. The third-order valence-corrected chi connectivity index (χ3v) is 4.47. The summed E-state index contributed by atoms with van der Waals surface area (Å²) >= 11 is 0. The van der Waals surface area contributed by atoms with E-state index in [0.717, 1.165) is 31.7 Å². The van der Waals surface area contributed by atoms with Gasteiger partial charge in [0.05, 0.1) is 12.5 Å². The first kappa shape index (κ1) is 19.4. The first-order valence-electron chi connectivity index (χ1n) is 8.97. The summed E-state index contributed by atoms with van der Waals surface area (Å²) in [4.78, 5) is 28.7. The van der Waals surface area contributed by atoms with Crippen LogP contribution in [0.2, 0.25) is 0 Å². The van der Waals surface area contributed by atoms with Crippen LogP contribution in [0.15, 0.2) is 24.3 Å². The molecular formula is C19H30N4O2. The fourth-order valence-electron chi connectivity index (χ4n) is 2.95. The minimum absolute atomic E-state index is 0.132. The number of piperazine rings is 1. The molecule has 1 aromatic rings. The number of benzene rings is 1. The van der Waals surface area contributed by atoms with E-state index in [-0.39, 0.29) is 11.8 Å². The highest BCUT2D eigenvalue weighted by Gasteiger charge is 2.19. The Morgan fingerprint density at radius 2 is 1.88 bits per heavy atom. The Balaban J connectivity index is 1.92. The maximum absolute atomic E-state index is 12.4. The molecule has 138 valence electrons. The van der Waals surface area contributed by atoms with Gasteiger partial charge in [0.15, 0.2) is 0 Å². The van der Waals surface area contributed by atoms with E-state index in [0.29, 0.717) is 24.4 Å². The number of hydrogen-bond donors (Lipinski definition) is 2. The number of carbonyl (C=O) groups is 2. The zero-order chi connectivity index (χ0) is 18.4. The van der Waals surface area contributed by atoms with Crippen LogP contribution in [0.3, 0.4) is 0 Å². The van der Waals surface area contributed by atoms with Gasteiger partial charge in [0, 0.05) is 31.9 Å². The molecular weight excluding hydrogens is 316 g/mol. The van der Waals surface area contributed by atoms with Gasteiger partial charge in [-0.1, -0.05) is 26.0 Å². The molecule has 25 heavy (non-hydrogen) atoms. The molecule has 1 aliphatic heterocycles. The van der Waals surface area contributed by atoms with Crippen LogP contribution in [0, 0.1) is 5.92 Å². The summed E-state index contributed by atoms with van der Waals surface area (Å²) in [5.41, 5.74) is 7.51. The number of carbonyl (C=O) groups excluding carboxylic acids is 2. The van der Waals surface area contributed by atoms with Crippen LogP contribution in [0.1, 0.15) is 25.8 Å². The number of amides is 2. The molecule has 0 radical (unpaired) electrons. The SMILES string of the molecule is CC(C)C[C@H](N)C(=O)Nc1cccc(CC(=O)N2CCN(C)CC2)c1. The van der Waals surface area contributed by atoms with Crippen molar-refractivity contribution in [1.29, 1.82) is 0 Å². The van der Waals surface area contributed by atoms with Crippen molar-refractivity contribution >= 4 is 17.5 Å². The smallest absolute Gasteiger partial charge is 0.241 e. The Labute approximate surface area is 150 Å². The second-order valence-corrected chi connectivity index (χ2v) is 7.29. The fraction of sp³-hybridized carbons (Fsp3) is 0.579. The van der Waals surface area contributed by atoms with Crippen LogP contribution in [0.4, 0.5) is 5.69 Å². The summed E-state index contributed by atoms with van der Waals surface area (Å²) < 4.78 is 0. The molecule has 1 saturated heterocycles. The number of nitrogens with one attached hydrogen (secondary N) is 1. The Kier molecular flexibility index (Phi) is 6.96. The van der Waals surface area contributed by atoms with E-state index in [1.54, 1.807) is 0 Å². The van der Waals surface area contributed by atoms with Gasteiger partial charge in [0.25, 0.3) is 0 Å². The van der Waals surface area contributed by atoms with Crippen molar-refractivity contribution in [2.24, 2.45) is 11.7 Å². The van der Waals surface area contributed by atoms with E-state index in [4.69, 9.17) is 5.73 Å². The Hall–Kier alpha value is -1.92. The molecule has 1 fully saturated rings. The summed E-state index contributed by atoms with van der Waals surface area (Å²) in [6.07, 6.45) is 0.999. The fourth-order valence-corrected chi connectivity index (χ4v) is 2.95. The van der Waals surface area contributed by atoms with Gasteiger partial charge in [-0.15, -0.1) is 0 Å². The van der Waals surface area contributed by atoms with Gasteiger partial charge < -0.3 is 20.9 Å². The van der Waals surface area contributed by atoms with E-state index in [1.165, 1.54) is 0 Å². The van der Waals surface area contributed by atoms with Gasteiger partial charge in [-0.3, -0.25) is 9.59 Å². The van der Waals surface area contributed by atoms with Crippen molar-refractivity contribution in [1.82, 2.24) is 9.80 Å². The van der Waals surface area contributed by atoms with Gasteiger partial charge >= 0.3 is 0 Å². The lowest BCUT2D eigenvalue weighted by atomic mass is 10.0. The third kappa shape index (κ3) is 6.14. The van der Waals surface area contributed by atoms with Gasteiger partial charge in [0.2, 0.25) is 11.8 Å². The highest BCUT2D eigenvalue weighted by Crippen LogP contribution is 2.14. The quantitative estimate of drug-likeness (QED) is 0.814. The van der Waals surface area contributed by atoms with Crippen LogP contribution in [-0.2, 0) is 16.0 Å². The molecule has 0 saturated carbocycles. The number of anilines is 1. The molecule has 1 atom stereocenters. The number of nitrogens with zero attached hydrogens (tertiary/aromatic N) is 2. The summed E-state index contributed by atoms with van der Waals surface area (Å²) in [7, 11) is 2.07. The normalized spacial score (nSPS) is 16.8. The lowest BCUT2D eigenvalue weighted by molar-refractivity contribution is -0.132. The first-order chi connectivity index (χ1) is 11.8.